The Labute approximate surface area is 424 Å². The van der Waals surface area contributed by atoms with E-state index in [0.29, 0.717) is 11.6 Å². The highest BCUT2D eigenvalue weighted by molar-refractivity contribution is 6.19. The second-order valence-electron chi connectivity index (χ2n) is 18.1. The lowest BCUT2D eigenvalue weighted by Gasteiger charge is -2.16. The van der Waals surface area contributed by atoms with Gasteiger partial charge in [-0.3, -0.25) is 19.9 Å². The van der Waals surface area contributed by atoms with Gasteiger partial charge in [0, 0.05) is 127 Å². The first kappa shape index (κ1) is 42.5. The normalized spacial score (nSPS) is 11.5. The molecule has 0 radical (unpaired) electrons. The van der Waals surface area contributed by atoms with Gasteiger partial charge in [0.15, 0.2) is 11.6 Å². The zero-order valence-electron chi connectivity index (χ0n) is 39.6. The van der Waals surface area contributed by atoms with E-state index in [1.54, 1.807) is 49.6 Å². The molecule has 346 valence electrons. The number of fused-ring (bicyclic) bond motifs is 6. The summed E-state index contributed by atoms with van der Waals surface area (Å²) < 4.78 is 4.81. The first-order valence-corrected chi connectivity index (χ1v) is 24.4. The van der Waals surface area contributed by atoms with Crippen LogP contribution in [0.5, 0.6) is 0 Å². The summed E-state index contributed by atoms with van der Waals surface area (Å²) in [5, 5.41) is 4.69. The molecule has 0 fully saturated rings. The highest BCUT2D eigenvalue weighted by Gasteiger charge is 2.22. The molecular weight excluding hydrogens is 909 g/mol. The predicted molar refractivity (Wildman–Crippen MR) is 296 cm³/mol. The number of hydrogen-bond donors (Lipinski definition) is 0. The summed E-state index contributed by atoms with van der Waals surface area (Å²) in [5.74, 6) is 1.27. The first-order valence-electron chi connectivity index (χ1n) is 24.4. The van der Waals surface area contributed by atoms with Gasteiger partial charge in [-0.05, 0) is 121 Å². The summed E-state index contributed by atoms with van der Waals surface area (Å²) in [6.07, 6.45) is 14.3. The fourth-order valence-electron chi connectivity index (χ4n) is 10.4. The molecule has 10 nitrogen and oxygen atoms in total. The SMILES string of the molecule is c1ccc2c(c1)c1cccc(-c3cccc4c5ccccc5n(-c5ccc(-c6nc(-c7ccncc7)cc(-c7ccncc7)n6)cc5)c34)c1n2-c1ccc(-c2nc(-c3ccncc3)cc(-c3ccncc3)n2)cc1. The molecule has 0 aliphatic rings. The van der Waals surface area contributed by atoms with Gasteiger partial charge in [-0.2, -0.15) is 0 Å². The molecule has 0 aliphatic carbocycles. The van der Waals surface area contributed by atoms with Crippen LogP contribution in [0.2, 0.25) is 0 Å². The molecule has 14 aromatic rings. The van der Waals surface area contributed by atoms with Crippen LogP contribution in [0, 0.1) is 0 Å². The largest absolute Gasteiger partial charge is 0.309 e. The molecule has 0 atom stereocenters. The highest BCUT2D eigenvalue weighted by Crippen LogP contribution is 2.44. The molecule has 10 heteroatoms. The van der Waals surface area contributed by atoms with Crippen molar-refractivity contribution < 1.29 is 0 Å². The number of rotatable bonds is 9. The Morgan fingerprint density at radius 1 is 0.257 bits per heavy atom. The lowest BCUT2D eigenvalue weighted by atomic mass is 9.99. The Morgan fingerprint density at radius 2 is 0.568 bits per heavy atom. The van der Waals surface area contributed by atoms with Crippen LogP contribution in [0.15, 0.2) is 244 Å². The number of aromatic nitrogens is 10. The molecule has 8 aromatic heterocycles. The Hall–Kier alpha value is -10.3. The van der Waals surface area contributed by atoms with Gasteiger partial charge in [0.05, 0.1) is 44.8 Å². The summed E-state index contributed by atoms with van der Waals surface area (Å²) in [7, 11) is 0. The molecule has 0 spiro atoms. The monoisotopic (exact) mass is 948 g/mol. The van der Waals surface area contributed by atoms with Crippen LogP contribution < -0.4 is 0 Å². The van der Waals surface area contributed by atoms with Crippen LogP contribution in [0.3, 0.4) is 0 Å². The Morgan fingerprint density at radius 3 is 0.905 bits per heavy atom. The van der Waals surface area contributed by atoms with Gasteiger partial charge in [0.1, 0.15) is 0 Å². The van der Waals surface area contributed by atoms with E-state index in [0.717, 1.165) is 101 Å². The third-order valence-corrected chi connectivity index (χ3v) is 13.8. The maximum absolute atomic E-state index is 5.10. The van der Waals surface area contributed by atoms with Gasteiger partial charge in [-0.15, -0.1) is 0 Å². The van der Waals surface area contributed by atoms with E-state index in [1.807, 2.05) is 60.7 Å². The third kappa shape index (κ3) is 7.36. The average molecular weight is 949 g/mol. The molecule has 0 amide bonds. The lowest BCUT2D eigenvalue weighted by Crippen LogP contribution is -1.99. The van der Waals surface area contributed by atoms with Gasteiger partial charge < -0.3 is 9.13 Å². The maximum atomic E-state index is 5.10. The number of hydrogen-bond acceptors (Lipinski definition) is 8. The Balaban J connectivity index is 0.917. The van der Waals surface area contributed by atoms with Crippen molar-refractivity contribution in [2.75, 3.05) is 0 Å². The van der Waals surface area contributed by atoms with Crippen molar-refractivity contribution in [3.8, 4) is 90.3 Å². The molecule has 0 saturated carbocycles. The minimum absolute atomic E-state index is 0.633. The molecule has 74 heavy (non-hydrogen) atoms. The number of para-hydroxylation sites is 4. The van der Waals surface area contributed by atoms with Gasteiger partial charge in [0.2, 0.25) is 0 Å². The van der Waals surface area contributed by atoms with Gasteiger partial charge in [0.25, 0.3) is 0 Å². The molecular formula is C64H40N10. The second kappa shape index (κ2) is 17.8. The summed E-state index contributed by atoms with van der Waals surface area (Å²) >= 11 is 0. The first-order chi connectivity index (χ1) is 36.7. The molecule has 14 rings (SSSR count). The summed E-state index contributed by atoms with van der Waals surface area (Å²) in [5.41, 5.74) is 17.7. The number of pyridine rings is 4. The second-order valence-corrected chi connectivity index (χ2v) is 18.1. The predicted octanol–water partition coefficient (Wildman–Crippen LogP) is 14.7. The van der Waals surface area contributed by atoms with Crippen molar-refractivity contribution in [1.29, 1.82) is 0 Å². The topological polar surface area (TPSA) is 113 Å². The van der Waals surface area contributed by atoms with Crippen molar-refractivity contribution in [1.82, 2.24) is 49.0 Å². The van der Waals surface area contributed by atoms with Crippen LogP contribution in [-0.2, 0) is 0 Å². The molecule has 0 saturated heterocycles. The van der Waals surface area contributed by atoms with E-state index in [1.165, 1.54) is 21.5 Å². The Kier molecular flexibility index (Phi) is 10.2. The van der Waals surface area contributed by atoms with Crippen molar-refractivity contribution in [2.45, 2.75) is 0 Å². The minimum atomic E-state index is 0.633. The Bertz CT molecular complexity index is 3990. The van der Waals surface area contributed by atoms with E-state index >= 15 is 0 Å². The molecule has 0 unspecified atom stereocenters. The van der Waals surface area contributed by atoms with E-state index in [4.69, 9.17) is 19.9 Å². The zero-order valence-corrected chi connectivity index (χ0v) is 39.6. The van der Waals surface area contributed by atoms with Gasteiger partial charge >= 0.3 is 0 Å². The van der Waals surface area contributed by atoms with Crippen LogP contribution in [0.1, 0.15) is 0 Å². The average Bonchev–Trinajstić information content (AvgIpc) is 4.02. The number of benzene rings is 6. The number of nitrogens with zero attached hydrogens (tertiary/aromatic N) is 10. The van der Waals surface area contributed by atoms with E-state index in [2.05, 4.69) is 163 Å². The van der Waals surface area contributed by atoms with Gasteiger partial charge in [-0.25, -0.2) is 19.9 Å². The van der Waals surface area contributed by atoms with Crippen molar-refractivity contribution >= 4 is 43.6 Å². The van der Waals surface area contributed by atoms with Crippen molar-refractivity contribution in [2.24, 2.45) is 0 Å². The van der Waals surface area contributed by atoms with Crippen molar-refractivity contribution in [3.05, 3.63) is 244 Å². The summed E-state index contributed by atoms with van der Waals surface area (Å²) in [6.45, 7) is 0. The van der Waals surface area contributed by atoms with Crippen molar-refractivity contribution in [3.63, 3.8) is 0 Å². The van der Waals surface area contributed by atoms with Crippen LogP contribution in [-0.4, -0.2) is 49.0 Å². The fourth-order valence-corrected chi connectivity index (χ4v) is 10.4. The summed E-state index contributed by atoms with van der Waals surface area (Å²) in [4.78, 5) is 37.4. The van der Waals surface area contributed by atoms with E-state index in [-0.39, 0.29) is 0 Å². The van der Waals surface area contributed by atoms with E-state index < -0.39 is 0 Å². The molecule has 6 aromatic carbocycles. The molecule has 8 heterocycles. The zero-order chi connectivity index (χ0) is 49.0. The van der Waals surface area contributed by atoms with Crippen LogP contribution in [0.4, 0.5) is 0 Å². The van der Waals surface area contributed by atoms with Crippen LogP contribution >= 0.6 is 0 Å². The fraction of sp³-hybridized carbons (Fsp3) is 0. The highest BCUT2D eigenvalue weighted by atomic mass is 15.0. The maximum Gasteiger partial charge on any atom is 0.160 e. The smallest absolute Gasteiger partial charge is 0.160 e. The quantitative estimate of drug-likeness (QED) is 0.141. The molecule has 0 bridgehead atoms. The summed E-state index contributed by atoms with van der Waals surface area (Å²) in [6, 6.07) is 67.8. The standard InChI is InChI=1S/C64H40N10/c1-3-13-59-49(7-1)51-9-5-11-53(61(51)73(59)47-19-15-45(16-20-47)63-69-55(41-23-31-65-32-24-41)39-56(70-63)42-25-33-66-34-26-42)54-12-6-10-52-50-8-2-4-14-60(50)74(62(52)54)48-21-17-46(18-22-48)64-71-57(43-27-35-67-36-28-43)40-58(72-64)44-29-37-68-38-30-44/h1-40H. The third-order valence-electron chi connectivity index (χ3n) is 13.8. The molecule has 0 aliphatic heterocycles. The lowest BCUT2D eigenvalue weighted by molar-refractivity contribution is 1.16. The minimum Gasteiger partial charge on any atom is -0.309 e. The van der Waals surface area contributed by atoms with Gasteiger partial charge in [-0.1, -0.05) is 72.8 Å². The van der Waals surface area contributed by atoms with E-state index in [9.17, 15) is 0 Å². The molecule has 0 N–H and O–H groups in total. The van der Waals surface area contributed by atoms with Crippen LogP contribution in [0.25, 0.3) is 134 Å².